The summed E-state index contributed by atoms with van der Waals surface area (Å²) < 4.78 is 52.0. The van der Waals surface area contributed by atoms with E-state index in [4.69, 9.17) is 12.2 Å². The molecule has 2 rings (SSSR count). The summed E-state index contributed by atoms with van der Waals surface area (Å²) in [6.45, 7) is 12.8. The van der Waals surface area contributed by atoms with Gasteiger partial charge in [-0.05, 0) is 105 Å². The molecule has 0 fully saturated rings. The minimum atomic E-state index is -3.19. The van der Waals surface area contributed by atoms with Crippen molar-refractivity contribution in [2.75, 3.05) is 35.2 Å². The number of carbonyl (C=O) groups excluding carboxylic acids is 1. The van der Waals surface area contributed by atoms with Gasteiger partial charge in [-0.2, -0.15) is 0 Å². The molecule has 0 bridgehead atoms. The Hall–Kier alpha value is -2.38. The molecule has 50 heavy (non-hydrogen) atoms. The maximum atomic E-state index is 11.9. The zero-order chi connectivity index (χ0) is 37.4. The fourth-order valence-corrected chi connectivity index (χ4v) is 8.15. The van der Waals surface area contributed by atoms with Crippen LogP contribution in [-0.2, 0) is 37.7 Å². The average Bonchev–Trinajstić information content (AvgIpc) is 3.03. The Balaban J connectivity index is 0.000000500. The number of unbranched alkanes of at least 4 members (excludes halogenated alkanes) is 4. The summed E-state index contributed by atoms with van der Waals surface area (Å²) in [5, 5.41) is 6.13. The van der Waals surface area contributed by atoms with Crippen LogP contribution in [0.3, 0.4) is 0 Å². The molecular weight excluding hydrogens is 689 g/mol. The maximum Gasteiger partial charge on any atom is 0.224 e. The third-order valence-corrected chi connectivity index (χ3v) is 11.3. The van der Waals surface area contributed by atoms with Gasteiger partial charge in [0.15, 0.2) is 0 Å². The lowest BCUT2D eigenvalue weighted by molar-refractivity contribution is -0.116. The highest BCUT2D eigenvalue weighted by molar-refractivity contribution is 7.89. The summed E-state index contributed by atoms with van der Waals surface area (Å²) in [4.78, 5) is 12.7. The van der Waals surface area contributed by atoms with Crippen LogP contribution in [-0.4, -0.2) is 52.3 Å². The average molecular weight is 753 g/mol. The summed E-state index contributed by atoms with van der Waals surface area (Å²) >= 11 is 5.37. The number of rotatable bonds is 24. The quantitative estimate of drug-likeness (QED) is 0.0627. The lowest BCUT2D eigenvalue weighted by Crippen LogP contribution is -2.29. The molecule has 0 aliphatic rings. The Bertz CT molecular complexity index is 1330. The highest BCUT2D eigenvalue weighted by atomic mass is 32.2. The van der Waals surface area contributed by atoms with Crippen molar-refractivity contribution in [3.8, 4) is 0 Å². The second kappa shape index (κ2) is 25.6. The second-order valence-electron chi connectivity index (χ2n) is 13.8. The predicted molar refractivity (Wildman–Crippen MR) is 216 cm³/mol. The Kier molecular flexibility index (Phi) is 23.3. The molecule has 0 unspecified atom stereocenters. The number of hydrogen-bond donors (Lipinski definition) is 4. The van der Waals surface area contributed by atoms with Gasteiger partial charge in [0.2, 0.25) is 26.0 Å². The Labute approximate surface area is 309 Å². The first kappa shape index (κ1) is 45.6. The number of nitrogens with one attached hydrogen (secondary N) is 4. The van der Waals surface area contributed by atoms with Gasteiger partial charge in [-0.1, -0.05) is 90.9 Å². The van der Waals surface area contributed by atoms with E-state index in [1.165, 1.54) is 36.8 Å². The van der Waals surface area contributed by atoms with Crippen molar-refractivity contribution in [2.45, 2.75) is 119 Å². The number of hydrogen-bond acceptors (Lipinski definition) is 6. The fourth-order valence-electron chi connectivity index (χ4n) is 4.99. The van der Waals surface area contributed by atoms with E-state index in [1.807, 2.05) is 39.8 Å². The van der Waals surface area contributed by atoms with Crippen molar-refractivity contribution < 1.29 is 21.6 Å². The van der Waals surface area contributed by atoms with E-state index in [2.05, 4.69) is 70.3 Å². The van der Waals surface area contributed by atoms with Gasteiger partial charge in [-0.3, -0.25) is 4.79 Å². The van der Waals surface area contributed by atoms with Crippen LogP contribution in [0.2, 0.25) is 0 Å². The number of carbonyl (C=O) groups is 1. The summed E-state index contributed by atoms with van der Waals surface area (Å²) in [6, 6.07) is 16.4. The van der Waals surface area contributed by atoms with Crippen LogP contribution >= 0.6 is 12.2 Å². The number of aryl methyl sites for hydroxylation is 2. The highest BCUT2D eigenvalue weighted by Gasteiger charge is 2.13. The van der Waals surface area contributed by atoms with Gasteiger partial charge in [0.05, 0.1) is 16.5 Å². The second-order valence-corrected chi connectivity index (χ2v) is 17.9. The molecule has 9 nitrogen and oxygen atoms in total. The molecule has 0 spiro atoms. The van der Waals surface area contributed by atoms with Crippen molar-refractivity contribution in [3.05, 3.63) is 59.7 Å². The molecule has 2 aromatic carbocycles. The number of benzene rings is 2. The van der Waals surface area contributed by atoms with E-state index in [-0.39, 0.29) is 29.2 Å². The molecular formula is C38H64N4O5S3. The molecule has 0 heterocycles. The number of thiocarbonyl (C=S) groups is 1. The Morgan fingerprint density at radius 3 is 1.40 bits per heavy atom. The SMILES string of the molecule is CCCCc1ccc(NC(=O)CCCCNS(=O)(=O)CC(C)C)cc1.CCCCc1ccc(NC(=S)CCCCNS(=O)(=O)CC(C)C)cc1. The molecule has 1 amide bonds. The van der Waals surface area contributed by atoms with Crippen LogP contribution in [0.4, 0.5) is 11.4 Å². The predicted octanol–water partition coefficient (Wildman–Crippen LogP) is 8.23. The first-order chi connectivity index (χ1) is 23.6. The van der Waals surface area contributed by atoms with Gasteiger partial charge < -0.3 is 10.6 Å². The minimum Gasteiger partial charge on any atom is -0.350 e. The molecule has 0 radical (unpaired) electrons. The zero-order valence-electron chi connectivity index (χ0n) is 31.4. The zero-order valence-corrected chi connectivity index (χ0v) is 33.8. The molecule has 0 aliphatic heterocycles. The highest BCUT2D eigenvalue weighted by Crippen LogP contribution is 2.14. The van der Waals surface area contributed by atoms with Crippen molar-refractivity contribution in [1.82, 2.24) is 9.44 Å². The molecule has 2 aromatic rings. The van der Waals surface area contributed by atoms with Crippen molar-refractivity contribution >= 4 is 54.5 Å². The molecule has 0 aromatic heterocycles. The van der Waals surface area contributed by atoms with Gasteiger partial charge in [0, 0.05) is 30.9 Å². The van der Waals surface area contributed by atoms with Gasteiger partial charge in [-0.15, -0.1) is 0 Å². The Morgan fingerprint density at radius 2 is 1.00 bits per heavy atom. The third-order valence-electron chi connectivity index (χ3n) is 7.52. The molecule has 284 valence electrons. The van der Waals surface area contributed by atoms with E-state index in [0.29, 0.717) is 32.4 Å². The number of amides is 1. The van der Waals surface area contributed by atoms with Crippen LogP contribution in [0.25, 0.3) is 0 Å². The number of anilines is 2. The van der Waals surface area contributed by atoms with Crippen molar-refractivity contribution in [3.63, 3.8) is 0 Å². The monoisotopic (exact) mass is 752 g/mol. The molecule has 0 saturated heterocycles. The molecule has 12 heteroatoms. The number of sulfonamides is 2. The van der Waals surface area contributed by atoms with E-state index >= 15 is 0 Å². The van der Waals surface area contributed by atoms with Crippen molar-refractivity contribution in [1.29, 1.82) is 0 Å². The van der Waals surface area contributed by atoms with E-state index in [1.54, 1.807) is 0 Å². The Morgan fingerprint density at radius 1 is 0.600 bits per heavy atom. The molecule has 0 aliphatic carbocycles. The maximum absolute atomic E-state index is 11.9. The van der Waals surface area contributed by atoms with Crippen LogP contribution < -0.4 is 20.1 Å². The standard InChI is InChI=1S/C19H32N2O3S.C19H32N2O2S2/c1-4-5-8-17-10-12-18(13-11-17)21-19(22)9-6-7-14-20-25(23,24)15-16(2)3;1-4-5-8-17-10-12-18(13-11-17)21-19(24)9-6-7-14-20-25(22,23)15-16(2)3/h10-13,16,20H,4-9,14-15H2,1-3H3,(H,21,22);10-13,16,20H,4-9,14-15H2,1-3H3,(H,21,24). The smallest absolute Gasteiger partial charge is 0.224 e. The summed E-state index contributed by atoms with van der Waals surface area (Å²) in [5.74, 6) is 0.536. The van der Waals surface area contributed by atoms with Crippen LogP contribution in [0.15, 0.2) is 48.5 Å². The van der Waals surface area contributed by atoms with Gasteiger partial charge in [-0.25, -0.2) is 26.3 Å². The molecule has 4 N–H and O–H groups in total. The topological polar surface area (TPSA) is 133 Å². The molecule has 0 saturated carbocycles. The van der Waals surface area contributed by atoms with Crippen LogP contribution in [0.5, 0.6) is 0 Å². The third kappa shape index (κ3) is 23.9. The van der Waals surface area contributed by atoms with Crippen LogP contribution in [0, 0.1) is 11.8 Å². The van der Waals surface area contributed by atoms with Crippen molar-refractivity contribution in [2.24, 2.45) is 11.8 Å². The summed E-state index contributed by atoms with van der Waals surface area (Å²) in [7, 11) is -6.33. The van der Waals surface area contributed by atoms with E-state index in [9.17, 15) is 21.6 Å². The van der Waals surface area contributed by atoms with Gasteiger partial charge in [0.25, 0.3) is 0 Å². The first-order valence-corrected chi connectivity index (χ1v) is 22.1. The lowest BCUT2D eigenvalue weighted by atomic mass is 10.1. The first-order valence-electron chi connectivity index (χ1n) is 18.4. The summed E-state index contributed by atoms with van der Waals surface area (Å²) in [5.41, 5.74) is 4.46. The van der Waals surface area contributed by atoms with Gasteiger partial charge >= 0.3 is 0 Å². The molecule has 0 atom stereocenters. The van der Waals surface area contributed by atoms with E-state index < -0.39 is 20.0 Å². The minimum absolute atomic E-state index is 0.0358. The van der Waals surface area contributed by atoms with Crippen LogP contribution in [0.1, 0.15) is 117 Å². The normalized spacial score (nSPS) is 11.7. The summed E-state index contributed by atoms with van der Waals surface area (Å²) in [6.07, 6.45) is 11.1. The largest absolute Gasteiger partial charge is 0.350 e. The fraction of sp³-hybridized carbons (Fsp3) is 0.632. The lowest BCUT2D eigenvalue weighted by Gasteiger charge is -2.10. The van der Waals surface area contributed by atoms with Gasteiger partial charge in [0.1, 0.15) is 0 Å². The van der Waals surface area contributed by atoms with E-state index in [0.717, 1.165) is 48.5 Å².